The van der Waals surface area contributed by atoms with Crippen molar-refractivity contribution in [3.8, 4) is 0 Å². The number of hydrogen-bond acceptors (Lipinski definition) is 6. The molecular formula is C24H46O5S. The third-order valence-electron chi connectivity index (χ3n) is 5.79. The minimum Gasteiger partial charge on any atom is -0.394 e. The van der Waals surface area contributed by atoms with Crippen LogP contribution in [-0.2, 0) is 4.74 Å². The Labute approximate surface area is 188 Å². The van der Waals surface area contributed by atoms with Crippen LogP contribution in [0.3, 0.4) is 0 Å². The molecule has 0 aromatic carbocycles. The maximum Gasteiger partial charge on any atom is 0.132 e. The molecule has 1 fully saturated rings. The zero-order chi connectivity index (χ0) is 22.0. The van der Waals surface area contributed by atoms with Gasteiger partial charge in [-0.1, -0.05) is 76.9 Å². The zero-order valence-corrected chi connectivity index (χ0v) is 19.8. The summed E-state index contributed by atoms with van der Waals surface area (Å²) in [5.74, 6) is 0.837. The quantitative estimate of drug-likeness (QED) is 0.182. The van der Waals surface area contributed by atoms with Gasteiger partial charge >= 0.3 is 0 Å². The van der Waals surface area contributed by atoms with E-state index in [0.29, 0.717) is 0 Å². The monoisotopic (exact) mass is 446 g/mol. The highest BCUT2D eigenvalue weighted by Crippen LogP contribution is 2.29. The van der Waals surface area contributed by atoms with E-state index in [4.69, 9.17) is 4.74 Å². The van der Waals surface area contributed by atoms with Crippen LogP contribution in [0.15, 0.2) is 12.2 Å². The number of unbranched alkanes of at least 4 members (excludes halogenated alkanes) is 12. The lowest BCUT2D eigenvalue weighted by Gasteiger charge is -2.39. The number of aliphatic hydroxyl groups is 4. The van der Waals surface area contributed by atoms with Crippen LogP contribution >= 0.6 is 11.8 Å². The van der Waals surface area contributed by atoms with Crippen LogP contribution in [0.5, 0.6) is 0 Å². The molecule has 30 heavy (non-hydrogen) atoms. The Bertz CT molecular complexity index is 418. The lowest BCUT2D eigenvalue weighted by Crippen LogP contribution is -2.57. The van der Waals surface area contributed by atoms with Gasteiger partial charge in [0.25, 0.3) is 0 Å². The first kappa shape index (κ1) is 27.9. The van der Waals surface area contributed by atoms with Gasteiger partial charge in [-0.05, 0) is 37.9 Å². The molecule has 178 valence electrons. The van der Waals surface area contributed by atoms with Gasteiger partial charge in [-0.15, -0.1) is 11.8 Å². The van der Waals surface area contributed by atoms with Crippen molar-refractivity contribution in [2.24, 2.45) is 0 Å². The summed E-state index contributed by atoms with van der Waals surface area (Å²) in [5, 5.41) is 38.8. The summed E-state index contributed by atoms with van der Waals surface area (Å²) in [7, 11) is 0. The first-order chi connectivity index (χ1) is 14.6. The second-order valence-electron chi connectivity index (χ2n) is 8.51. The fourth-order valence-electron chi connectivity index (χ4n) is 3.75. The number of aliphatic hydroxyl groups excluding tert-OH is 4. The van der Waals surface area contributed by atoms with E-state index in [0.717, 1.165) is 18.6 Å². The van der Waals surface area contributed by atoms with Crippen LogP contribution < -0.4 is 0 Å². The van der Waals surface area contributed by atoms with Crippen LogP contribution in [0, 0.1) is 0 Å². The van der Waals surface area contributed by atoms with Gasteiger partial charge in [0, 0.05) is 0 Å². The molecule has 0 bridgehead atoms. The first-order valence-corrected chi connectivity index (χ1v) is 13.2. The van der Waals surface area contributed by atoms with Crippen molar-refractivity contribution in [3.63, 3.8) is 0 Å². The van der Waals surface area contributed by atoms with Gasteiger partial charge in [-0.3, -0.25) is 0 Å². The molecule has 0 saturated carbocycles. The summed E-state index contributed by atoms with van der Waals surface area (Å²) < 4.78 is 5.51. The van der Waals surface area contributed by atoms with E-state index in [-0.39, 0.29) is 6.61 Å². The molecule has 0 unspecified atom stereocenters. The van der Waals surface area contributed by atoms with Gasteiger partial charge in [0.1, 0.15) is 29.9 Å². The Morgan fingerprint density at radius 2 is 1.23 bits per heavy atom. The Balaban J connectivity index is 1.90. The summed E-state index contributed by atoms with van der Waals surface area (Å²) >= 11 is 1.45. The van der Waals surface area contributed by atoms with Gasteiger partial charge in [0.05, 0.1) is 6.61 Å². The fraction of sp³-hybridized carbons (Fsp3) is 0.917. The molecule has 0 aromatic rings. The molecule has 0 spiro atoms. The van der Waals surface area contributed by atoms with Gasteiger partial charge in [0.15, 0.2) is 0 Å². The fourth-order valence-corrected chi connectivity index (χ4v) is 4.94. The largest absolute Gasteiger partial charge is 0.394 e. The smallest absolute Gasteiger partial charge is 0.132 e. The van der Waals surface area contributed by atoms with Gasteiger partial charge in [0.2, 0.25) is 0 Å². The summed E-state index contributed by atoms with van der Waals surface area (Å²) in [6, 6.07) is 0. The molecule has 1 saturated heterocycles. The SMILES string of the molecule is CCCCCCCC/C=C\CCCCCCCCS[C@@H]1O[C@H](CO)[C@H](O)[C@H](O)[C@H]1O. The Hall–Kier alpha value is -0.110. The number of allylic oxidation sites excluding steroid dienone is 2. The highest BCUT2D eigenvalue weighted by atomic mass is 32.2. The lowest BCUT2D eigenvalue weighted by molar-refractivity contribution is -0.205. The molecule has 0 radical (unpaired) electrons. The van der Waals surface area contributed by atoms with E-state index in [1.165, 1.54) is 88.8 Å². The normalized spacial score (nSPS) is 27.2. The van der Waals surface area contributed by atoms with Crippen LogP contribution in [0.4, 0.5) is 0 Å². The molecular weight excluding hydrogens is 400 g/mol. The Morgan fingerprint density at radius 1 is 0.700 bits per heavy atom. The van der Waals surface area contributed by atoms with E-state index < -0.39 is 29.9 Å². The van der Waals surface area contributed by atoms with Gasteiger partial charge < -0.3 is 25.2 Å². The van der Waals surface area contributed by atoms with Gasteiger partial charge in [-0.25, -0.2) is 0 Å². The van der Waals surface area contributed by atoms with E-state index in [1.807, 2.05) is 0 Å². The number of hydrogen-bond donors (Lipinski definition) is 4. The van der Waals surface area contributed by atoms with Crippen LogP contribution in [0.1, 0.15) is 96.8 Å². The predicted octanol–water partition coefficient (Wildman–Crippen LogP) is 4.56. The lowest BCUT2D eigenvalue weighted by atomic mass is 10.0. The van der Waals surface area contributed by atoms with Crippen molar-refractivity contribution in [2.45, 2.75) is 127 Å². The Kier molecular flexibility index (Phi) is 17.2. The second kappa shape index (κ2) is 18.5. The molecule has 0 aromatic heterocycles. The summed E-state index contributed by atoms with van der Waals surface area (Å²) in [5.41, 5.74) is -0.594. The van der Waals surface area contributed by atoms with Crippen LogP contribution in [0.2, 0.25) is 0 Å². The van der Waals surface area contributed by atoms with E-state index >= 15 is 0 Å². The summed E-state index contributed by atoms with van der Waals surface area (Å²) in [6.07, 6.45) is 18.1. The maximum atomic E-state index is 10.0. The third kappa shape index (κ3) is 12.1. The standard InChI is InChI=1S/C24H46O5S/c1-2-3-4-5-6-7-8-9-10-11-12-13-14-15-16-17-18-30-24-23(28)22(27)21(26)20(19-25)29-24/h9-10,20-28H,2-8,11-19H2,1H3/b10-9-/t20-,21+,22+,23-,24+/m1/s1. The molecule has 0 aliphatic carbocycles. The molecule has 5 atom stereocenters. The molecule has 1 heterocycles. The Morgan fingerprint density at radius 3 is 1.80 bits per heavy atom. The third-order valence-corrected chi connectivity index (χ3v) is 7.03. The minimum atomic E-state index is -1.27. The van der Waals surface area contributed by atoms with Crippen molar-refractivity contribution in [1.29, 1.82) is 0 Å². The van der Waals surface area contributed by atoms with Crippen LogP contribution in [0.25, 0.3) is 0 Å². The maximum absolute atomic E-state index is 10.0. The average molecular weight is 447 g/mol. The highest BCUT2D eigenvalue weighted by molar-refractivity contribution is 7.99. The number of thioether (sulfide) groups is 1. The average Bonchev–Trinajstić information content (AvgIpc) is 2.75. The van der Waals surface area contributed by atoms with E-state index in [2.05, 4.69) is 19.1 Å². The topological polar surface area (TPSA) is 90.2 Å². The van der Waals surface area contributed by atoms with Crippen molar-refractivity contribution in [3.05, 3.63) is 12.2 Å². The van der Waals surface area contributed by atoms with E-state index in [9.17, 15) is 20.4 Å². The molecule has 4 N–H and O–H groups in total. The molecule has 1 aliphatic heterocycles. The summed E-state index contributed by atoms with van der Waals surface area (Å²) in [4.78, 5) is 0. The van der Waals surface area contributed by atoms with Gasteiger partial charge in [-0.2, -0.15) is 0 Å². The van der Waals surface area contributed by atoms with Crippen molar-refractivity contribution < 1.29 is 25.2 Å². The van der Waals surface area contributed by atoms with Crippen molar-refractivity contribution >= 4 is 11.8 Å². The first-order valence-electron chi connectivity index (χ1n) is 12.2. The van der Waals surface area contributed by atoms with Crippen molar-refractivity contribution in [1.82, 2.24) is 0 Å². The van der Waals surface area contributed by atoms with Crippen LogP contribution in [-0.4, -0.2) is 62.6 Å². The predicted molar refractivity (Wildman–Crippen MR) is 126 cm³/mol. The summed E-state index contributed by atoms with van der Waals surface area (Å²) in [6.45, 7) is 1.89. The highest BCUT2D eigenvalue weighted by Gasteiger charge is 2.43. The molecule has 6 heteroatoms. The molecule has 1 aliphatic rings. The number of rotatable bonds is 18. The molecule has 5 nitrogen and oxygen atoms in total. The molecule has 1 rings (SSSR count). The number of ether oxygens (including phenoxy) is 1. The molecule has 0 amide bonds. The van der Waals surface area contributed by atoms with Crippen molar-refractivity contribution in [2.75, 3.05) is 12.4 Å². The second-order valence-corrected chi connectivity index (χ2v) is 9.71. The van der Waals surface area contributed by atoms with E-state index in [1.54, 1.807) is 0 Å². The minimum absolute atomic E-state index is 0.365. The zero-order valence-electron chi connectivity index (χ0n) is 19.0.